The van der Waals surface area contributed by atoms with E-state index in [2.05, 4.69) is 21.2 Å². The standard InChI is InChI=1S/C27H22BrN3O/c28-22-18-16-21(17-19-22)27(32)31(25-14-8-3-9-15-25)20-26(29-23-10-4-1-5-11-23)30-24-12-6-2-7-13-24/h1-19H,20H2,(H,29,30). The van der Waals surface area contributed by atoms with Gasteiger partial charge in [0.05, 0.1) is 12.2 Å². The Morgan fingerprint density at radius 3 is 1.94 bits per heavy atom. The van der Waals surface area contributed by atoms with Crippen molar-refractivity contribution in [2.45, 2.75) is 0 Å². The Morgan fingerprint density at radius 1 is 0.750 bits per heavy atom. The van der Waals surface area contributed by atoms with Crippen LogP contribution >= 0.6 is 15.9 Å². The minimum absolute atomic E-state index is 0.0978. The van der Waals surface area contributed by atoms with Crippen LogP contribution in [0.3, 0.4) is 0 Å². The van der Waals surface area contributed by atoms with Crippen LogP contribution in [0.4, 0.5) is 17.1 Å². The Balaban J connectivity index is 1.71. The van der Waals surface area contributed by atoms with Gasteiger partial charge < -0.3 is 10.2 Å². The summed E-state index contributed by atoms with van der Waals surface area (Å²) in [4.78, 5) is 20.1. The van der Waals surface area contributed by atoms with Gasteiger partial charge in [0.2, 0.25) is 0 Å². The molecule has 32 heavy (non-hydrogen) atoms. The Labute approximate surface area is 196 Å². The molecule has 4 nitrogen and oxygen atoms in total. The summed E-state index contributed by atoms with van der Waals surface area (Å²) in [6.07, 6.45) is 0. The van der Waals surface area contributed by atoms with Crippen LogP contribution < -0.4 is 10.2 Å². The zero-order valence-electron chi connectivity index (χ0n) is 17.4. The van der Waals surface area contributed by atoms with Gasteiger partial charge in [-0.2, -0.15) is 0 Å². The number of anilines is 2. The summed E-state index contributed by atoms with van der Waals surface area (Å²) in [5, 5.41) is 3.39. The second-order valence-corrected chi connectivity index (χ2v) is 8.03. The first kappa shape index (κ1) is 21.5. The van der Waals surface area contributed by atoms with Crippen molar-refractivity contribution in [3.05, 3.63) is 125 Å². The molecule has 0 heterocycles. The van der Waals surface area contributed by atoms with E-state index >= 15 is 0 Å². The molecule has 0 radical (unpaired) electrons. The summed E-state index contributed by atoms with van der Waals surface area (Å²) >= 11 is 3.44. The molecular weight excluding hydrogens is 462 g/mol. The molecule has 0 aliphatic heterocycles. The second-order valence-electron chi connectivity index (χ2n) is 7.12. The van der Waals surface area contributed by atoms with E-state index in [-0.39, 0.29) is 12.5 Å². The van der Waals surface area contributed by atoms with Crippen LogP contribution in [0.25, 0.3) is 0 Å². The summed E-state index contributed by atoms with van der Waals surface area (Å²) in [6, 6.07) is 36.6. The van der Waals surface area contributed by atoms with E-state index in [0.717, 1.165) is 21.5 Å². The highest BCUT2D eigenvalue weighted by Gasteiger charge is 2.20. The zero-order valence-corrected chi connectivity index (χ0v) is 18.9. The number of rotatable bonds is 6. The molecule has 158 valence electrons. The minimum atomic E-state index is -0.0978. The van der Waals surface area contributed by atoms with E-state index in [1.54, 1.807) is 4.90 Å². The fraction of sp³-hybridized carbons (Fsp3) is 0.0370. The number of hydrogen-bond donors (Lipinski definition) is 1. The minimum Gasteiger partial charge on any atom is -0.342 e. The summed E-state index contributed by atoms with van der Waals surface area (Å²) in [5.74, 6) is 0.566. The van der Waals surface area contributed by atoms with Gasteiger partial charge >= 0.3 is 0 Å². The first-order chi connectivity index (χ1) is 15.7. The van der Waals surface area contributed by atoms with E-state index in [9.17, 15) is 4.79 Å². The number of nitrogens with one attached hydrogen (secondary N) is 1. The zero-order chi connectivity index (χ0) is 22.2. The molecule has 0 fully saturated rings. The van der Waals surface area contributed by atoms with Crippen LogP contribution in [0.15, 0.2) is 125 Å². The first-order valence-electron chi connectivity index (χ1n) is 10.3. The highest BCUT2D eigenvalue weighted by molar-refractivity contribution is 9.10. The number of aliphatic imine (C=N–C) groups is 1. The monoisotopic (exact) mass is 483 g/mol. The van der Waals surface area contributed by atoms with Gasteiger partial charge in [-0.05, 0) is 60.7 Å². The van der Waals surface area contributed by atoms with E-state index in [4.69, 9.17) is 4.99 Å². The van der Waals surface area contributed by atoms with Crippen LogP contribution in [0.1, 0.15) is 10.4 Å². The molecule has 5 heteroatoms. The number of hydrogen-bond acceptors (Lipinski definition) is 2. The SMILES string of the molecule is O=C(c1ccc(Br)cc1)N(CC(=Nc1ccccc1)Nc1ccccc1)c1ccccc1. The number of carbonyl (C=O) groups is 1. The molecule has 0 saturated heterocycles. The van der Waals surface area contributed by atoms with Crippen molar-refractivity contribution < 1.29 is 4.79 Å². The number of amides is 1. The predicted molar refractivity (Wildman–Crippen MR) is 136 cm³/mol. The lowest BCUT2D eigenvalue weighted by Gasteiger charge is -2.24. The third-order valence-electron chi connectivity index (χ3n) is 4.79. The van der Waals surface area contributed by atoms with Crippen molar-refractivity contribution in [1.82, 2.24) is 0 Å². The largest absolute Gasteiger partial charge is 0.342 e. The van der Waals surface area contributed by atoms with Crippen LogP contribution in [0, 0.1) is 0 Å². The molecule has 0 atom stereocenters. The molecule has 4 rings (SSSR count). The average Bonchev–Trinajstić information content (AvgIpc) is 2.84. The van der Waals surface area contributed by atoms with E-state index in [0.29, 0.717) is 11.4 Å². The summed E-state index contributed by atoms with van der Waals surface area (Å²) in [5.41, 5.74) is 3.13. The topological polar surface area (TPSA) is 44.7 Å². The molecule has 0 bridgehead atoms. The lowest BCUT2D eigenvalue weighted by Crippen LogP contribution is -2.38. The molecule has 4 aromatic carbocycles. The highest BCUT2D eigenvalue weighted by atomic mass is 79.9. The van der Waals surface area contributed by atoms with Crippen LogP contribution in [-0.2, 0) is 0 Å². The van der Waals surface area contributed by atoms with Crippen LogP contribution in [0.5, 0.6) is 0 Å². The number of carbonyl (C=O) groups excluding carboxylic acids is 1. The fourth-order valence-electron chi connectivity index (χ4n) is 3.24. The number of para-hydroxylation sites is 3. The number of amidine groups is 1. The average molecular weight is 484 g/mol. The molecular formula is C27H22BrN3O. The lowest BCUT2D eigenvalue weighted by atomic mass is 10.1. The molecule has 1 N–H and O–H groups in total. The van der Waals surface area contributed by atoms with Crippen molar-refractivity contribution in [2.75, 3.05) is 16.8 Å². The van der Waals surface area contributed by atoms with Crippen molar-refractivity contribution in [2.24, 2.45) is 4.99 Å². The lowest BCUT2D eigenvalue weighted by molar-refractivity contribution is 0.0990. The van der Waals surface area contributed by atoms with Crippen LogP contribution in [0.2, 0.25) is 0 Å². The Morgan fingerprint density at radius 2 is 1.31 bits per heavy atom. The molecule has 1 amide bonds. The maximum Gasteiger partial charge on any atom is 0.258 e. The Bertz CT molecular complexity index is 1180. The molecule has 0 aliphatic rings. The molecule has 0 aliphatic carbocycles. The van der Waals surface area contributed by atoms with Crippen molar-refractivity contribution in [3.63, 3.8) is 0 Å². The van der Waals surface area contributed by atoms with Gasteiger partial charge in [0, 0.05) is 21.4 Å². The summed E-state index contributed by atoms with van der Waals surface area (Å²) in [6.45, 7) is 0.280. The van der Waals surface area contributed by atoms with Gasteiger partial charge in [0.25, 0.3) is 5.91 Å². The quantitative estimate of drug-likeness (QED) is 0.238. The molecule has 0 saturated carbocycles. The highest BCUT2D eigenvalue weighted by Crippen LogP contribution is 2.20. The predicted octanol–water partition coefficient (Wildman–Crippen LogP) is 6.94. The first-order valence-corrected chi connectivity index (χ1v) is 11.1. The van der Waals surface area contributed by atoms with Gasteiger partial charge in [-0.15, -0.1) is 0 Å². The summed E-state index contributed by atoms with van der Waals surface area (Å²) < 4.78 is 0.928. The number of halogens is 1. The van der Waals surface area contributed by atoms with E-state index in [1.165, 1.54) is 0 Å². The van der Waals surface area contributed by atoms with Crippen molar-refractivity contribution in [1.29, 1.82) is 0 Å². The van der Waals surface area contributed by atoms with Crippen molar-refractivity contribution in [3.8, 4) is 0 Å². The maximum absolute atomic E-state index is 13.5. The Hall–Kier alpha value is -3.70. The third-order valence-corrected chi connectivity index (χ3v) is 5.32. The van der Waals surface area contributed by atoms with E-state index < -0.39 is 0 Å². The second kappa shape index (κ2) is 10.6. The Kier molecular flexibility index (Phi) is 7.10. The maximum atomic E-state index is 13.5. The molecule has 0 aromatic heterocycles. The smallest absolute Gasteiger partial charge is 0.258 e. The third kappa shape index (κ3) is 5.71. The normalized spacial score (nSPS) is 11.1. The number of benzene rings is 4. The van der Waals surface area contributed by atoms with Gasteiger partial charge in [-0.25, -0.2) is 4.99 Å². The van der Waals surface area contributed by atoms with Gasteiger partial charge in [-0.1, -0.05) is 70.5 Å². The van der Waals surface area contributed by atoms with Crippen molar-refractivity contribution >= 4 is 44.7 Å². The van der Waals surface area contributed by atoms with Crippen LogP contribution in [-0.4, -0.2) is 18.3 Å². The fourth-order valence-corrected chi connectivity index (χ4v) is 3.50. The number of nitrogens with zero attached hydrogens (tertiary/aromatic N) is 2. The van der Waals surface area contributed by atoms with E-state index in [1.807, 2.05) is 115 Å². The van der Waals surface area contributed by atoms with Gasteiger partial charge in [-0.3, -0.25) is 4.79 Å². The van der Waals surface area contributed by atoms with Gasteiger partial charge in [0.15, 0.2) is 0 Å². The molecule has 0 unspecified atom stereocenters. The summed E-state index contributed by atoms with van der Waals surface area (Å²) in [7, 11) is 0. The molecule has 4 aromatic rings. The van der Waals surface area contributed by atoms with Gasteiger partial charge in [0.1, 0.15) is 5.84 Å². The molecule has 0 spiro atoms.